The number of phosphoric acid groups is 1. The summed E-state index contributed by atoms with van der Waals surface area (Å²) in [7, 11) is -4.24. The molecule has 0 amide bonds. The fourth-order valence-electron chi connectivity index (χ4n) is 1.60. The van der Waals surface area contributed by atoms with Crippen LogP contribution in [-0.2, 0) is 9.09 Å². The number of phosphoric ester groups is 1. The van der Waals surface area contributed by atoms with E-state index in [2.05, 4.69) is 11.4 Å². The third-order valence-corrected chi connectivity index (χ3v) is 3.03. The van der Waals surface area contributed by atoms with E-state index in [1.807, 2.05) is 0 Å². The Hall–Kier alpha value is 1.75. The van der Waals surface area contributed by atoms with Gasteiger partial charge in [-0.2, -0.15) is 0 Å². The van der Waals surface area contributed by atoms with Crippen molar-refractivity contribution in [1.82, 2.24) is 0 Å². The number of hydrogen-bond donors (Lipinski definition) is 2. The summed E-state index contributed by atoms with van der Waals surface area (Å²) in [6.45, 7) is 2.38. The van der Waals surface area contributed by atoms with Crippen molar-refractivity contribution in [3.8, 4) is 0 Å². The summed E-state index contributed by atoms with van der Waals surface area (Å²) < 4.78 is 14.7. The minimum Gasteiger partial charge on any atom is -1.00 e. The molecule has 0 aliphatic heterocycles. The third-order valence-electron chi connectivity index (χ3n) is 2.51. The van der Waals surface area contributed by atoms with Gasteiger partial charge in [0.25, 0.3) is 0 Å². The van der Waals surface area contributed by atoms with Crippen molar-refractivity contribution in [2.24, 2.45) is 0 Å². The van der Waals surface area contributed by atoms with Crippen LogP contribution in [0.1, 0.15) is 66.1 Å². The topological polar surface area (TPSA) is 66.8 Å². The zero-order valence-corrected chi connectivity index (χ0v) is 15.2. The van der Waals surface area contributed by atoms with Crippen LogP contribution in [0.25, 0.3) is 0 Å². The Morgan fingerprint density at radius 3 is 1.76 bits per heavy atom. The second-order valence-electron chi connectivity index (χ2n) is 4.15. The molecule has 0 saturated heterocycles. The molecular weight excluding hydrogens is 266 g/mol. The fraction of sp³-hybridized carbons (Fsp3) is 1.00. The van der Waals surface area contributed by atoms with Gasteiger partial charge in [0.1, 0.15) is 0 Å². The Bertz CT molecular complexity index is 201. The standard InChI is InChI=1S/C11H25O4P.K.H/c1-2-3-4-5-6-7-8-9-10-11-15-16(12,13)14;;/h2-11H2,1H3,(H2,12,13,14);;/q;+1;-1. The average molecular weight is 292 g/mol. The van der Waals surface area contributed by atoms with Crippen LogP contribution in [0.2, 0.25) is 0 Å². The molecule has 0 radical (unpaired) electrons. The molecule has 0 rings (SSSR count). The molecule has 0 unspecified atom stereocenters. The number of unbranched alkanes of at least 4 members (excludes halogenated alkanes) is 8. The van der Waals surface area contributed by atoms with Crippen molar-refractivity contribution < 1.29 is 71.7 Å². The zero-order chi connectivity index (χ0) is 12.3. The first-order chi connectivity index (χ1) is 7.56. The second kappa shape index (κ2) is 14.2. The molecule has 0 aromatic rings. The molecule has 0 aliphatic carbocycles. The van der Waals surface area contributed by atoms with Crippen molar-refractivity contribution in [2.45, 2.75) is 64.7 Å². The van der Waals surface area contributed by atoms with E-state index in [-0.39, 0.29) is 59.4 Å². The Morgan fingerprint density at radius 2 is 1.35 bits per heavy atom. The molecule has 0 aromatic heterocycles. The first-order valence-corrected chi connectivity index (χ1v) is 7.79. The van der Waals surface area contributed by atoms with Crippen molar-refractivity contribution in [3.63, 3.8) is 0 Å². The van der Waals surface area contributed by atoms with Crippen LogP contribution in [0.5, 0.6) is 0 Å². The first kappa shape index (κ1) is 21.1. The van der Waals surface area contributed by atoms with Crippen molar-refractivity contribution >= 4 is 7.82 Å². The van der Waals surface area contributed by atoms with E-state index in [9.17, 15) is 4.57 Å². The Kier molecular flexibility index (Phi) is 17.5. The molecule has 0 aromatic carbocycles. The molecule has 0 aliphatic rings. The molecule has 0 saturated carbocycles. The van der Waals surface area contributed by atoms with Crippen LogP contribution >= 0.6 is 7.82 Å². The van der Waals surface area contributed by atoms with Gasteiger partial charge >= 0.3 is 59.2 Å². The predicted octanol–water partition coefficient (Wildman–Crippen LogP) is 0.743. The Balaban J connectivity index is -0.00000112. The monoisotopic (exact) mass is 292 g/mol. The Morgan fingerprint density at radius 1 is 0.941 bits per heavy atom. The van der Waals surface area contributed by atoms with Gasteiger partial charge in [-0.25, -0.2) is 4.57 Å². The molecule has 100 valence electrons. The average Bonchev–Trinajstić information content (AvgIpc) is 2.19. The SMILES string of the molecule is CCCCCCCCCCCOP(=O)(O)O.[H-].[K+]. The van der Waals surface area contributed by atoms with Gasteiger partial charge in [-0.15, -0.1) is 0 Å². The van der Waals surface area contributed by atoms with E-state index in [0.29, 0.717) is 0 Å². The van der Waals surface area contributed by atoms with Crippen LogP contribution in [0.15, 0.2) is 0 Å². The minimum absolute atomic E-state index is 0. The van der Waals surface area contributed by atoms with Crippen LogP contribution in [0.4, 0.5) is 0 Å². The van der Waals surface area contributed by atoms with Gasteiger partial charge < -0.3 is 11.2 Å². The molecule has 0 atom stereocenters. The summed E-state index contributed by atoms with van der Waals surface area (Å²) in [5.41, 5.74) is 0. The molecule has 0 heterocycles. The molecule has 0 fully saturated rings. The van der Waals surface area contributed by atoms with Gasteiger partial charge in [0.2, 0.25) is 0 Å². The maximum Gasteiger partial charge on any atom is 1.00 e. The van der Waals surface area contributed by atoms with Crippen molar-refractivity contribution in [1.29, 1.82) is 0 Å². The predicted molar refractivity (Wildman–Crippen MR) is 66.3 cm³/mol. The molecule has 6 heteroatoms. The van der Waals surface area contributed by atoms with Gasteiger partial charge in [0, 0.05) is 0 Å². The minimum atomic E-state index is -4.24. The van der Waals surface area contributed by atoms with Gasteiger partial charge in [-0.05, 0) is 6.42 Å². The van der Waals surface area contributed by atoms with E-state index in [4.69, 9.17) is 9.79 Å². The van der Waals surface area contributed by atoms with Gasteiger partial charge in [-0.3, -0.25) is 4.52 Å². The van der Waals surface area contributed by atoms with Crippen molar-refractivity contribution in [2.75, 3.05) is 6.61 Å². The van der Waals surface area contributed by atoms with Crippen molar-refractivity contribution in [3.05, 3.63) is 0 Å². The van der Waals surface area contributed by atoms with Gasteiger partial charge in [0.05, 0.1) is 6.61 Å². The normalized spacial score (nSPS) is 11.2. The smallest absolute Gasteiger partial charge is 1.00 e. The summed E-state index contributed by atoms with van der Waals surface area (Å²) in [6, 6.07) is 0. The summed E-state index contributed by atoms with van der Waals surface area (Å²) in [5.74, 6) is 0. The Labute approximate surface area is 149 Å². The molecule has 4 nitrogen and oxygen atoms in total. The van der Waals surface area contributed by atoms with Crippen LogP contribution < -0.4 is 51.4 Å². The fourth-order valence-corrected chi connectivity index (χ4v) is 1.96. The van der Waals surface area contributed by atoms with E-state index in [1.54, 1.807) is 0 Å². The van der Waals surface area contributed by atoms with E-state index < -0.39 is 7.82 Å². The third kappa shape index (κ3) is 20.2. The number of rotatable bonds is 11. The molecule has 2 N–H and O–H groups in total. The molecule has 0 bridgehead atoms. The first-order valence-electron chi connectivity index (χ1n) is 6.26. The van der Waals surface area contributed by atoms with Gasteiger partial charge in [0.15, 0.2) is 0 Å². The summed E-state index contributed by atoms with van der Waals surface area (Å²) >= 11 is 0. The molecule has 0 spiro atoms. The quantitative estimate of drug-likeness (QED) is 0.335. The summed E-state index contributed by atoms with van der Waals surface area (Å²) in [5, 5.41) is 0. The largest absolute Gasteiger partial charge is 1.00 e. The zero-order valence-electron chi connectivity index (χ0n) is 12.2. The van der Waals surface area contributed by atoms with Gasteiger partial charge in [-0.1, -0.05) is 58.3 Å². The van der Waals surface area contributed by atoms with Crippen LogP contribution in [0, 0.1) is 0 Å². The number of hydrogen-bond acceptors (Lipinski definition) is 2. The second-order valence-corrected chi connectivity index (χ2v) is 5.39. The summed E-state index contributed by atoms with van der Waals surface area (Å²) in [4.78, 5) is 16.9. The van der Waals surface area contributed by atoms with E-state index >= 15 is 0 Å². The molecular formula is C11H26KO4P. The van der Waals surface area contributed by atoms with Crippen LogP contribution in [-0.4, -0.2) is 16.4 Å². The van der Waals surface area contributed by atoms with Crippen LogP contribution in [0.3, 0.4) is 0 Å². The maximum absolute atomic E-state index is 10.3. The van der Waals surface area contributed by atoms with E-state index in [0.717, 1.165) is 19.3 Å². The molecule has 17 heavy (non-hydrogen) atoms. The maximum atomic E-state index is 10.3. The summed E-state index contributed by atoms with van der Waals surface area (Å²) in [6.07, 6.45) is 10.6. The van der Waals surface area contributed by atoms with E-state index in [1.165, 1.54) is 38.5 Å².